The monoisotopic (exact) mass is 265 g/mol. The van der Waals surface area contributed by atoms with Crippen LogP contribution < -0.4 is 0 Å². The van der Waals surface area contributed by atoms with Crippen molar-refractivity contribution < 1.29 is 4.74 Å². The first-order valence-electron chi connectivity index (χ1n) is 5.61. The third kappa shape index (κ3) is 2.79. The van der Waals surface area contributed by atoms with Crippen LogP contribution in [0.25, 0.3) is 0 Å². The van der Waals surface area contributed by atoms with Gasteiger partial charge in [0.25, 0.3) is 0 Å². The Hall–Kier alpha value is -0.630. The standard InChI is InChI=1S/C13H15NOS2/c1-9-11(6-7-15-9)17-13-5-3-4-12(16-2)10(13)8-14/h3-5,9,11H,6-7H2,1-2H3. The number of thioether (sulfide) groups is 2. The molecule has 4 heteroatoms. The van der Waals surface area contributed by atoms with Crippen molar-refractivity contribution in [2.24, 2.45) is 0 Å². The molecule has 0 spiro atoms. The molecule has 17 heavy (non-hydrogen) atoms. The van der Waals surface area contributed by atoms with Gasteiger partial charge < -0.3 is 4.74 Å². The van der Waals surface area contributed by atoms with Crippen LogP contribution in [0.1, 0.15) is 18.9 Å². The van der Waals surface area contributed by atoms with Crippen molar-refractivity contribution >= 4 is 23.5 Å². The second-order valence-electron chi connectivity index (χ2n) is 3.97. The Morgan fingerprint density at radius 1 is 1.41 bits per heavy atom. The van der Waals surface area contributed by atoms with Gasteiger partial charge in [-0.15, -0.1) is 23.5 Å². The second kappa shape index (κ2) is 5.81. The Balaban J connectivity index is 2.23. The molecule has 1 fully saturated rings. The van der Waals surface area contributed by atoms with Crippen molar-refractivity contribution in [1.82, 2.24) is 0 Å². The molecule has 1 heterocycles. The molecule has 0 aliphatic carbocycles. The van der Waals surface area contributed by atoms with Crippen LogP contribution in [0.3, 0.4) is 0 Å². The molecule has 0 bridgehead atoms. The van der Waals surface area contributed by atoms with Crippen LogP contribution in [0.15, 0.2) is 28.0 Å². The molecular weight excluding hydrogens is 250 g/mol. The molecule has 0 radical (unpaired) electrons. The Kier molecular flexibility index (Phi) is 4.38. The Morgan fingerprint density at radius 2 is 2.18 bits per heavy atom. The minimum absolute atomic E-state index is 0.282. The van der Waals surface area contributed by atoms with Crippen molar-refractivity contribution in [3.63, 3.8) is 0 Å². The average molecular weight is 265 g/mol. The van der Waals surface area contributed by atoms with E-state index in [0.29, 0.717) is 5.25 Å². The van der Waals surface area contributed by atoms with Crippen LogP contribution >= 0.6 is 23.5 Å². The minimum atomic E-state index is 0.282. The fraction of sp³-hybridized carbons (Fsp3) is 0.462. The van der Waals surface area contributed by atoms with Crippen molar-refractivity contribution in [1.29, 1.82) is 5.26 Å². The van der Waals surface area contributed by atoms with E-state index < -0.39 is 0 Å². The topological polar surface area (TPSA) is 33.0 Å². The molecule has 1 saturated heterocycles. The molecule has 0 saturated carbocycles. The number of ether oxygens (including phenoxy) is 1. The summed E-state index contributed by atoms with van der Waals surface area (Å²) in [7, 11) is 0. The van der Waals surface area contributed by atoms with Gasteiger partial charge in [-0.25, -0.2) is 0 Å². The molecule has 2 unspecified atom stereocenters. The smallest absolute Gasteiger partial charge is 0.101 e. The van der Waals surface area contributed by atoms with Crippen LogP contribution in [0.4, 0.5) is 0 Å². The molecule has 0 N–H and O–H groups in total. The van der Waals surface area contributed by atoms with Gasteiger partial charge in [0, 0.05) is 21.6 Å². The van der Waals surface area contributed by atoms with E-state index in [9.17, 15) is 5.26 Å². The second-order valence-corrected chi connectivity index (χ2v) is 6.10. The lowest BCUT2D eigenvalue weighted by Gasteiger charge is -2.15. The Labute approximate surface area is 111 Å². The van der Waals surface area contributed by atoms with Gasteiger partial charge in [-0.3, -0.25) is 0 Å². The van der Waals surface area contributed by atoms with Crippen LogP contribution in [-0.4, -0.2) is 24.2 Å². The maximum atomic E-state index is 9.26. The summed E-state index contributed by atoms with van der Waals surface area (Å²) < 4.78 is 5.56. The van der Waals surface area contributed by atoms with E-state index in [1.54, 1.807) is 23.5 Å². The van der Waals surface area contributed by atoms with Gasteiger partial charge in [0.15, 0.2) is 0 Å². The summed E-state index contributed by atoms with van der Waals surface area (Å²) in [4.78, 5) is 2.14. The maximum absolute atomic E-state index is 9.26. The fourth-order valence-corrected chi connectivity index (χ4v) is 3.80. The lowest BCUT2D eigenvalue weighted by Crippen LogP contribution is -2.13. The molecule has 1 aromatic carbocycles. The summed E-state index contributed by atoms with van der Waals surface area (Å²) in [5, 5.41) is 9.73. The number of hydrogen-bond donors (Lipinski definition) is 0. The van der Waals surface area contributed by atoms with E-state index in [1.807, 2.05) is 24.5 Å². The predicted octanol–water partition coefficient (Wildman–Crippen LogP) is 3.55. The number of nitriles is 1. The average Bonchev–Trinajstić information content (AvgIpc) is 2.74. The van der Waals surface area contributed by atoms with Gasteiger partial charge >= 0.3 is 0 Å². The lowest BCUT2D eigenvalue weighted by atomic mass is 10.2. The molecule has 0 amide bonds. The number of nitrogens with zero attached hydrogens (tertiary/aromatic N) is 1. The zero-order valence-electron chi connectivity index (χ0n) is 9.97. The zero-order valence-corrected chi connectivity index (χ0v) is 11.6. The molecule has 1 aromatic rings. The highest BCUT2D eigenvalue weighted by atomic mass is 32.2. The van der Waals surface area contributed by atoms with Crippen molar-refractivity contribution in [3.05, 3.63) is 23.8 Å². The van der Waals surface area contributed by atoms with E-state index in [1.165, 1.54) is 0 Å². The van der Waals surface area contributed by atoms with Gasteiger partial charge in [0.1, 0.15) is 6.07 Å². The van der Waals surface area contributed by atoms with Gasteiger partial charge in [-0.05, 0) is 31.7 Å². The summed E-state index contributed by atoms with van der Waals surface area (Å²) >= 11 is 3.41. The number of benzene rings is 1. The fourth-order valence-electron chi connectivity index (χ4n) is 1.92. The van der Waals surface area contributed by atoms with E-state index in [4.69, 9.17) is 4.74 Å². The molecule has 2 nitrogen and oxygen atoms in total. The molecule has 2 rings (SSSR count). The third-order valence-electron chi connectivity index (χ3n) is 2.90. The normalized spacial score (nSPS) is 23.6. The van der Waals surface area contributed by atoms with Gasteiger partial charge in [-0.1, -0.05) is 6.07 Å². The van der Waals surface area contributed by atoms with E-state index in [0.717, 1.165) is 28.4 Å². The molecular formula is C13H15NOS2. The molecule has 2 atom stereocenters. The maximum Gasteiger partial charge on any atom is 0.101 e. The van der Waals surface area contributed by atoms with Crippen molar-refractivity contribution in [2.45, 2.75) is 34.5 Å². The SMILES string of the molecule is CSc1cccc(SC2CCOC2C)c1C#N. The Bertz CT molecular complexity index is 442. The van der Waals surface area contributed by atoms with Crippen molar-refractivity contribution in [3.8, 4) is 6.07 Å². The highest BCUT2D eigenvalue weighted by Gasteiger charge is 2.26. The Morgan fingerprint density at radius 3 is 2.76 bits per heavy atom. The van der Waals surface area contributed by atoms with E-state index >= 15 is 0 Å². The highest BCUT2D eigenvalue weighted by molar-refractivity contribution is 8.00. The number of rotatable bonds is 3. The van der Waals surface area contributed by atoms with Gasteiger partial charge in [0.05, 0.1) is 11.7 Å². The number of hydrogen-bond acceptors (Lipinski definition) is 4. The largest absolute Gasteiger partial charge is 0.377 e. The highest BCUT2D eigenvalue weighted by Crippen LogP contribution is 2.36. The predicted molar refractivity (Wildman–Crippen MR) is 72.6 cm³/mol. The van der Waals surface area contributed by atoms with Crippen LogP contribution in [0.5, 0.6) is 0 Å². The van der Waals surface area contributed by atoms with Crippen molar-refractivity contribution in [2.75, 3.05) is 12.9 Å². The molecule has 1 aliphatic rings. The van der Waals surface area contributed by atoms with Crippen LogP contribution in [-0.2, 0) is 4.74 Å². The van der Waals surface area contributed by atoms with Crippen LogP contribution in [0, 0.1) is 11.3 Å². The molecule has 1 aliphatic heterocycles. The van der Waals surface area contributed by atoms with E-state index in [2.05, 4.69) is 13.0 Å². The third-order valence-corrected chi connectivity index (χ3v) is 5.20. The van der Waals surface area contributed by atoms with Gasteiger partial charge in [0.2, 0.25) is 0 Å². The summed E-state index contributed by atoms with van der Waals surface area (Å²) in [5.41, 5.74) is 0.809. The summed E-state index contributed by atoms with van der Waals surface area (Å²) in [6.07, 6.45) is 3.36. The van der Waals surface area contributed by atoms with Crippen LogP contribution in [0.2, 0.25) is 0 Å². The quantitative estimate of drug-likeness (QED) is 0.783. The molecule has 0 aromatic heterocycles. The summed E-state index contributed by atoms with van der Waals surface area (Å²) in [6, 6.07) is 8.38. The van der Waals surface area contributed by atoms with Gasteiger partial charge in [-0.2, -0.15) is 5.26 Å². The zero-order chi connectivity index (χ0) is 12.3. The molecule has 90 valence electrons. The lowest BCUT2D eigenvalue weighted by molar-refractivity contribution is 0.127. The van der Waals surface area contributed by atoms with E-state index in [-0.39, 0.29) is 6.10 Å². The minimum Gasteiger partial charge on any atom is -0.377 e. The first-order valence-corrected chi connectivity index (χ1v) is 7.72. The summed E-state index contributed by atoms with van der Waals surface area (Å²) in [5.74, 6) is 0. The first-order chi connectivity index (χ1) is 8.26. The summed E-state index contributed by atoms with van der Waals surface area (Å²) in [6.45, 7) is 2.94. The first kappa shape index (κ1) is 12.8.